The van der Waals surface area contributed by atoms with Gasteiger partial charge in [0.1, 0.15) is 5.75 Å². The first kappa shape index (κ1) is 17.6. The van der Waals surface area contributed by atoms with Gasteiger partial charge in [-0.3, -0.25) is 20.4 Å². The summed E-state index contributed by atoms with van der Waals surface area (Å²) in [4.78, 5) is 22.8. The van der Waals surface area contributed by atoms with Crippen LogP contribution in [0, 0.1) is 0 Å². The lowest BCUT2D eigenvalue weighted by atomic mass is 10.3. The smallest absolute Gasteiger partial charge is 0.276 e. The van der Waals surface area contributed by atoms with Crippen molar-refractivity contribution in [2.45, 2.75) is 13.3 Å². The number of rotatable bonds is 7. The van der Waals surface area contributed by atoms with E-state index in [0.717, 1.165) is 0 Å². The van der Waals surface area contributed by atoms with Gasteiger partial charge in [-0.2, -0.15) is 0 Å². The van der Waals surface area contributed by atoms with Gasteiger partial charge in [0.25, 0.3) is 5.91 Å². The van der Waals surface area contributed by atoms with Crippen molar-refractivity contribution in [2.24, 2.45) is 0 Å². The lowest BCUT2D eigenvalue weighted by Crippen LogP contribution is -2.44. The predicted molar refractivity (Wildman–Crippen MR) is 79.4 cm³/mol. The maximum absolute atomic E-state index is 11.5. The van der Waals surface area contributed by atoms with Crippen molar-refractivity contribution in [3.8, 4) is 5.75 Å². The Kier molecular flexibility index (Phi) is 7.89. The van der Waals surface area contributed by atoms with Gasteiger partial charge < -0.3 is 9.47 Å². The lowest BCUT2D eigenvalue weighted by molar-refractivity contribution is -0.130. The normalized spacial score (nSPS) is 10.0. The Morgan fingerprint density at radius 3 is 2.57 bits per heavy atom. The van der Waals surface area contributed by atoms with E-state index < -0.39 is 5.91 Å². The Morgan fingerprint density at radius 2 is 1.90 bits per heavy atom. The third-order valence-electron chi connectivity index (χ3n) is 2.27. The van der Waals surface area contributed by atoms with Crippen LogP contribution in [0.5, 0.6) is 5.75 Å². The molecule has 8 heteroatoms. The highest BCUT2D eigenvalue weighted by Gasteiger charge is 2.07. The van der Waals surface area contributed by atoms with Gasteiger partial charge in [-0.1, -0.05) is 23.2 Å². The number of amides is 2. The average Bonchev–Trinajstić information content (AvgIpc) is 2.44. The van der Waals surface area contributed by atoms with Crippen LogP contribution < -0.4 is 15.6 Å². The van der Waals surface area contributed by atoms with E-state index in [9.17, 15) is 9.59 Å². The highest BCUT2D eigenvalue weighted by atomic mass is 35.5. The van der Waals surface area contributed by atoms with Crippen molar-refractivity contribution in [3.63, 3.8) is 0 Å². The minimum atomic E-state index is -0.509. The fraction of sp³-hybridized carbons (Fsp3) is 0.385. The standard InChI is InChI=1S/C13H16Cl2N2O4/c1-2-20-6-5-12(18)16-17-13(19)8-21-11-4-3-9(14)7-10(11)15/h3-4,7H,2,5-6,8H2,1H3,(H,16,18)(H,17,19). The molecule has 21 heavy (non-hydrogen) atoms. The number of nitrogens with one attached hydrogen (secondary N) is 2. The first-order valence-corrected chi connectivity index (χ1v) is 7.01. The van der Waals surface area contributed by atoms with Gasteiger partial charge in [0, 0.05) is 11.6 Å². The summed E-state index contributed by atoms with van der Waals surface area (Å²) in [5, 5.41) is 0.773. The topological polar surface area (TPSA) is 76.7 Å². The molecule has 0 fully saturated rings. The average molecular weight is 335 g/mol. The van der Waals surface area contributed by atoms with Gasteiger partial charge in [-0.05, 0) is 25.1 Å². The second-order valence-electron chi connectivity index (χ2n) is 3.91. The molecule has 1 aromatic rings. The molecule has 0 aliphatic heterocycles. The van der Waals surface area contributed by atoms with Crippen molar-refractivity contribution in [2.75, 3.05) is 19.8 Å². The van der Waals surface area contributed by atoms with Crippen LogP contribution in [0.2, 0.25) is 10.0 Å². The van der Waals surface area contributed by atoms with Crippen LogP contribution in [-0.2, 0) is 14.3 Å². The van der Waals surface area contributed by atoms with E-state index in [-0.39, 0.29) is 18.9 Å². The van der Waals surface area contributed by atoms with Gasteiger partial charge in [0.05, 0.1) is 18.1 Å². The molecule has 0 unspecified atom stereocenters. The monoisotopic (exact) mass is 334 g/mol. The quantitative estimate of drug-likeness (QED) is 0.590. The molecule has 1 aromatic carbocycles. The Hall–Kier alpha value is -1.50. The van der Waals surface area contributed by atoms with Crippen molar-refractivity contribution in [1.82, 2.24) is 10.9 Å². The van der Waals surface area contributed by atoms with Crippen LogP contribution in [0.4, 0.5) is 0 Å². The van der Waals surface area contributed by atoms with Crippen molar-refractivity contribution < 1.29 is 19.1 Å². The first-order valence-electron chi connectivity index (χ1n) is 6.26. The Morgan fingerprint density at radius 1 is 1.19 bits per heavy atom. The second-order valence-corrected chi connectivity index (χ2v) is 4.75. The van der Waals surface area contributed by atoms with Crippen LogP contribution in [0.1, 0.15) is 13.3 Å². The molecule has 116 valence electrons. The predicted octanol–water partition coefficient (Wildman–Crippen LogP) is 1.95. The summed E-state index contributed by atoms with van der Waals surface area (Å²) in [6.07, 6.45) is 0.165. The van der Waals surface area contributed by atoms with Crippen LogP contribution in [0.3, 0.4) is 0 Å². The number of benzene rings is 1. The molecular weight excluding hydrogens is 319 g/mol. The molecule has 1 rings (SSSR count). The third kappa shape index (κ3) is 7.17. The summed E-state index contributed by atoms with van der Waals surface area (Å²) in [7, 11) is 0. The van der Waals surface area contributed by atoms with Gasteiger partial charge in [-0.25, -0.2) is 0 Å². The number of ether oxygens (including phenoxy) is 2. The van der Waals surface area contributed by atoms with E-state index in [0.29, 0.717) is 29.0 Å². The summed E-state index contributed by atoms with van der Waals surface area (Å²) in [5.74, 6) is -0.522. The molecule has 0 atom stereocenters. The molecule has 0 bridgehead atoms. The highest BCUT2D eigenvalue weighted by Crippen LogP contribution is 2.27. The van der Waals surface area contributed by atoms with Crippen molar-refractivity contribution in [1.29, 1.82) is 0 Å². The Labute approximate surface area is 132 Å². The number of hydrogen-bond donors (Lipinski definition) is 2. The van der Waals surface area contributed by atoms with Crippen molar-refractivity contribution in [3.05, 3.63) is 28.2 Å². The summed E-state index contributed by atoms with van der Waals surface area (Å²) < 4.78 is 10.2. The maximum atomic E-state index is 11.5. The molecule has 0 radical (unpaired) electrons. The van der Waals surface area contributed by atoms with Crippen LogP contribution >= 0.6 is 23.2 Å². The number of hydrogen-bond acceptors (Lipinski definition) is 4. The maximum Gasteiger partial charge on any atom is 0.276 e. The van der Waals surface area contributed by atoms with Crippen molar-refractivity contribution >= 4 is 35.0 Å². The SMILES string of the molecule is CCOCCC(=O)NNC(=O)COc1ccc(Cl)cc1Cl. The van der Waals surface area contributed by atoms with E-state index in [1.807, 2.05) is 6.92 Å². The molecule has 0 aliphatic rings. The molecule has 0 saturated carbocycles. The number of carbonyl (C=O) groups excluding carboxylic acids is 2. The van der Waals surface area contributed by atoms with Gasteiger partial charge in [0.2, 0.25) is 5.91 Å². The van der Waals surface area contributed by atoms with Crippen LogP contribution in [-0.4, -0.2) is 31.6 Å². The minimum absolute atomic E-state index is 0.165. The molecule has 6 nitrogen and oxygen atoms in total. The van der Waals surface area contributed by atoms with Gasteiger partial charge in [0.15, 0.2) is 6.61 Å². The van der Waals surface area contributed by atoms with E-state index in [1.54, 1.807) is 12.1 Å². The third-order valence-corrected chi connectivity index (χ3v) is 2.80. The van der Waals surface area contributed by atoms with Gasteiger partial charge in [-0.15, -0.1) is 0 Å². The van der Waals surface area contributed by atoms with Crippen LogP contribution in [0.15, 0.2) is 18.2 Å². The molecule has 2 N–H and O–H groups in total. The molecule has 0 aliphatic carbocycles. The summed E-state index contributed by atoms with van der Waals surface area (Å²) >= 11 is 11.6. The zero-order valence-electron chi connectivity index (χ0n) is 11.4. The lowest BCUT2D eigenvalue weighted by Gasteiger charge is -2.10. The largest absolute Gasteiger partial charge is 0.482 e. The molecule has 0 spiro atoms. The number of halogens is 2. The summed E-state index contributed by atoms with van der Waals surface area (Å²) in [6, 6.07) is 4.65. The zero-order chi connectivity index (χ0) is 15.7. The fourth-order valence-electron chi connectivity index (χ4n) is 1.28. The molecule has 2 amide bonds. The Balaban J connectivity index is 2.26. The minimum Gasteiger partial charge on any atom is -0.482 e. The molecule has 0 heterocycles. The number of carbonyl (C=O) groups is 2. The molecule has 0 saturated heterocycles. The van der Waals surface area contributed by atoms with E-state index in [4.69, 9.17) is 32.7 Å². The first-order chi connectivity index (χ1) is 10.0. The van der Waals surface area contributed by atoms with Crippen LogP contribution in [0.25, 0.3) is 0 Å². The Bertz CT molecular complexity index is 497. The van der Waals surface area contributed by atoms with E-state index >= 15 is 0 Å². The second kappa shape index (κ2) is 9.44. The number of hydrazine groups is 1. The van der Waals surface area contributed by atoms with Gasteiger partial charge >= 0.3 is 0 Å². The molecular formula is C13H16Cl2N2O4. The molecule has 0 aromatic heterocycles. The van der Waals surface area contributed by atoms with E-state index in [1.165, 1.54) is 6.07 Å². The summed E-state index contributed by atoms with van der Waals surface area (Å²) in [5.41, 5.74) is 4.47. The highest BCUT2D eigenvalue weighted by molar-refractivity contribution is 6.35. The summed E-state index contributed by atoms with van der Waals surface area (Å²) in [6.45, 7) is 2.39. The fourth-order valence-corrected chi connectivity index (χ4v) is 1.75. The van der Waals surface area contributed by atoms with E-state index in [2.05, 4.69) is 10.9 Å². The zero-order valence-corrected chi connectivity index (χ0v) is 13.0.